The molecule has 0 aromatic rings. The van der Waals surface area contributed by atoms with E-state index in [-0.39, 0.29) is 11.8 Å². The third kappa shape index (κ3) is 4.72. The molecule has 1 N–H and O–H groups in total. The Labute approximate surface area is 128 Å². The van der Waals surface area contributed by atoms with E-state index in [0.29, 0.717) is 24.3 Å². The molecule has 0 aromatic heterocycles. The van der Waals surface area contributed by atoms with Gasteiger partial charge in [-0.15, -0.1) is 0 Å². The summed E-state index contributed by atoms with van der Waals surface area (Å²) in [5, 5.41) is 3.23. The fraction of sp³-hybridized carbons (Fsp3) is 0.882. The molecule has 2 unspecified atom stereocenters. The van der Waals surface area contributed by atoms with Crippen molar-refractivity contribution in [1.82, 2.24) is 10.2 Å². The topological polar surface area (TPSA) is 49.4 Å². The van der Waals surface area contributed by atoms with Crippen molar-refractivity contribution in [2.75, 3.05) is 13.1 Å². The van der Waals surface area contributed by atoms with Gasteiger partial charge >= 0.3 is 0 Å². The maximum Gasteiger partial charge on any atom is 0.220 e. The highest BCUT2D eigenvalue weighted by atomic mass is 16.2. The maximum absolute atomic E-state index is 12.3. The van der Waals surface area contributed by atoms with E-state index in [0.717, 1.165) is 38.8 Å². The first-order valence-corrected chi connectivity index (χ1v) is 8.65. The van der Waals surface area contributed by atoms with E-state index >= 15 is 0 Å². The first kappa shape index (κ1) is 16.3. The number of likely N-dealkylation sites (tertiary alicyclic amines) is 1. The number of amides is 2. The van der Waals surface area contributed by atoms with Gasteiger partial charge in [-0.3, -0.25) is 9.59 Å². The second kappa shape index (κ2) is 7.81. The normalized spacial score (nSPS) is 27.4. The molecular weight excluding hydrogens is 264 g/mol. The lowest BCUT2D eigenvalue weighted by Crippen LogP contribution is -2.45. The van der Waals surface area contributed by atoms with Crippen molar-refractivity contribution in [2.45, 2.75) is 71.3 Å². The van der Waals surface area contributed by atoms with E-state index in [4.69, 9.17) is 0 Å². The van der Waals surface area contributed by atoms with Crippen LogP contribution >= 0.6 is 0 Å². The molecule has 0 aromatic carbocycles. The van der Waals surface area contributed by atoms with Crippen molar-refractivity contribution in [3.8, 4) is 0 Å². The minimum atomic E-state index is 0.165. The third-order valence-corrected chi connectivity index (χ3v) is 5.28. The minimum absolute atomic E-state index is 0.165. The molecule has 4 heteroatoms. The standard InChI is InChI=1S/C17H30N2O2/c1-3-14-12-19(13(2)20)10-9-15(14)11-17(21)18-16-7-5-4-6-8-16/h14-16H,3-12H2,1-2H3,(H,18,21). The molecule has 2 amide bonds. The number of carbonyl (C=O) groups is 2. The van der Waals surface area contributed by atoms with Crippen molar-refractivity contribution in [3.63, 3.8) is 0 Å². The van der Waals surface area contributed by atoms with Crippen LogP contribution in [0, 0.1) is 11.8 Å². The van der Waals surface area contributed by atoms with Gasteiger partial charge in [0.2, 0.25) is 11.8 Å². The lowest BCUT2D eigenvalue weighted by Gasteiger charge is -2.38. The van der Waals surface area contributed by atoms with Crippen LogP contribution < -0.4 is 5.32 Å². The van der Waals surface area contributed by atoms with E-state index in [1.807, 2.05) is 4.90 Å². The van der Waals surface area contributed by atoms with Gasteiger partial charge < -0.3 is 10.2 Å². The summed E-state index contributed by atoms with van der Waals surface area (Å²) in [5.74, 6) is 1.30. The van der Waals surface area contributed by atoms with E-state index in [2.05, 4.69) is 12.2 Å². The number of nitrogens with zero attached hydrogens (tertiary/aromatic N) is 1. The Hall–Kier alpha value is -1.06. The summed E-state index contributed by atoms with van der Waals surface area (Å²) < 4.78 is 0. The fourth-order valence-electron chi connectivity index (χ4n) is 3.87. The molecule has 1 aliphatic heterocycles. The first-order chi connectivity index (χ1) is 10.1. The molecule has 21 heavy (non-hydrogen) atoms. The average molecular weight is 294 g/mol. The van der Waals surface area contributed by atoms with Gasteiger partial charge in [0, 0.05) is 32.5 Å². The smallest absolute Gasteiger partial charge is 0.220 e. The molecule has 2 rings (SSSR count). The highest BCUT2D eigenvalue weighted by molar-refractivity contribution is 5.76. The second-order valence-corrected chi connectivity index (χ2v) is 6.79. The number of nitrogens with one attached hydrogen (secondary N) is 1. The van der Waals surface area contributed by atoms with Gasteiger partial charge in [0.15, 0.2) is 0 Å². The van der Waals surface area contributed by atoms with Crippen molar-refractivity contribution in [1.29, 1.82) is 0 Å². The molecular formula is C17H30N2O2. The van der Waals surface area contributed by atoms with E-state index in [1.165, 1.54) is 19.3 Å². The summed E-state index contributed by atoms with van der Waals surface area (Å²) in [5.41, 5.74) is 0. The molecule has 2 aliphatic rings. The Morgan fingerprint density at radius 1 is 1.10 bits per heavy atom. The Kier molecular flexibility index (Phi) is 6.07. The minimum Gasteiger partial charge on any atom is -0.353 e. The Morgan fingerprint density at radius 2 is 1.81 bits per heavy atom. The molecule has 0 spiro atoms. The molecule has 0 radical (unpaired) electrons. The van der Waals surface area contributed by atoms with Gasteiger partial charge in [0.05, 0.1) is 0 Å². The first-order valence-electron chi connectivity index (χ1n) is 8.65. The zero-order valence-electron chi connectivity index (χ0n) is 13.6. The Balaban J connectivity index is 1.80. The van der Waals surface area contributed by atoms with Gasteiger partial charge in [-0.05, 0) is 31.1 Å². The van der Waals surface area contributed by atoms with Crippen LogP contribution in [0.5, 0.6) is 0 Å². The monoisotopic (exact) mass is 294 g/mol. The van der Waals surface area contributed by atoms with Crippen molar-refractivity contribution in [2.24, 2.45) is 11.8 Å². The summed E-state index contributed by atoms with van der Waals surface area (Å²) in [6.45, 7) is 5.45. The van der Waals surface area contributed by atoms with Crippen molar-refractivity contribution < 1.29 is 9.59 Å². The van der Waals surface area contributed by atoms with Crippen LogP contribution in [-0.2, 0) is 9.59 Å². The predicted molar refractivity (Wildman–Crippen MR) is 83.8 cm³/mol. The SMILES string of the molecule is CCC1CN(C(C)=O)CCC1CC(=O)NC1CCCCC1. The Bertz CT molecular complexity index is 364. The molecule has 1 saturated carbocycles. The van der Waals surface area contributed by atoms with E-state index < -0.39 is 0 Å². The summed E-state index contributed by atoms with van der Waals surface area (Å²) in [6.07, 6.45) is 8.76. The second-order valence-electron chi connectivity index (χ2n) is 6.79. The number of hydrogen-bond donors (Lipinski definition) is 1. The van der Waals surface area contributed by atoms with Crippen LogP contribution in [0.1, 0.15) is 65.2 Å². The number of rotatable bonds is 4. The van der Waals surface area contributed by atoms with Crippen LogP contribution in [0.25, 0.3) is 0 Å². The van der Waals surface area contributed by atoms with Crippen molar-refractivity contribution in [3.05, 3.63) is 0 Å². The molecule has 4 nitrogen and oxygen atoms in total. The van der Waals surface area contributed by atoms with Crippen LogP contribution in [0.15, 0.2) is 0 Å². The molecule has 1 saturated heterocycles. The zero-order valence-corrected chi connectivity index (χ0v) is 13.6. The summed E-state index contributed by atoms with van der Waals surface area (Å²) in [6, 6.07) is 0.406. The highest BCUT2D eigenvalue weighted by Crippen LogP contribution is 2.29. The molecule has 1 aliphatic carbocycles. The summed E-state index contributed by atoms with van der Waals surface area (Å²) >= 11 is 0. The Morgan fingerprint density at radius 3 is 2.43 bits per heavy atom. The number of hydrogen-bond acceptors (Lipinski definition) is 2. The van der Waals surface area contributed by atoms with Crippen LogP contribution in [-0.4, -0.2) is 35.8 Å². The van der Waals surface area contributed by atoms with Gasteiger partial charge in [-0.2, -0.15) is 0 Å². The third-order valence-electron chi connectivity index (χ3n) is 5.28. The molecule has 2 fully saturated rings. The van der Waals surface area contributed by atoms with Crippen LogP contribution in [0.2, 0.25) is 0 Å². The van der Waals surface area contributed by atoms with E-state index in [9.17, 15) is 9.59 Å². The van der Waals surface area contributed by atoms with Crippen LogP contribution in [0.3, 0.4) is 0 Å². The number of carbonyl (C=O) groups excluding carboxylic acids is 2. The molecule has 1 heterocycles. The number of piperidine rings is 1. The molecule has 120 valence electrons. The van der Waals surface area contributed by atoms with Gasteiger partial charge in [-0.25, -0.2) is 0 Å². The lowest BCUT2D eigenvalue weighted by atomic mass is 9.81. The average Bonchev–Trinajstić information content (AvgIpc) is 2.48. The van der Waals surface area contributed by atoms with Gasteiger partial charge in [0.1, 0.15) is 0 Å². The zero-order chi connectivity index (χ0) is 15.2. The van der Waals surface area contributed by atoms with Gasteiger partial charge in [0.25, 0.3) is 0 Å². The largest absolute Gasteiger partial charge is 0.353 e. The fourth-order valence-corrected chi connectivity index (χ4v) is 3.87. The molecule has 0 bridgehead atoms. The van der Waals surface area contributed by atoms with Crippen molar-refractivity contribution >= 4 is 11.8 Å². The molecule has 2 atom stereocenters. The summed E-state index contributed by atoms with van der Waals surface area (Å²) in [7, 11) is 0. The predicted octanol–water partition coefficient (Wildman–Crippen LogP) is 2.72. The lowest BCUT2D eigenvalue weighted by molar-refractivity contribution is -0.132. The highest BCUT2D eigenvalue weighted by Gasteiger charge is 2.31. The maximum atomic E-state index is 12.3. The summed E-state index contributed by atoms with van der Waals surface area (Å²) in [4.78, 5) is 25.7. The van der Waals surface area contributed by atoms with Gasteiger partial charge in [-0.1, -0.05) is 32.6 Å². The quantitative estimate of drug-likeness (QED) is 0.866. The van der Waals surface area contributed by atoms with E-state index in [1.54, 1.807) is 6.92 Å². The van der Waals surface area contributed by atoms with Crippen LogP contribution in [0.4, 0.5) is 0 Å².